The van der Waals surface area contributed by atoms with Crippen molar-refractivity contribution < 1.29 is 9.53 Å². The normalized spacial score (nSPS) is 27.0. The van der Waals surface area contributed by atoms with E-state index in [0.717, 1.165) is 32.7 Å². The molecule has 2 atom stereocenters. The zero-order valence-electron chi connectivity index (χ0n) is 15.6. The molecule has 1 aromatic carbocycles. The maximum absolute atomic E-state index is 12.3. The molecule has 0 unspecified atom stereocenters. The summed E-state index contributed by atoms with van der Waals surface area (Å²) in [5.74, 6) is 0. The van der Waals surface area contributed by atoms with Crippen LogP contribution >= 0.6 is 11.8 Å². The van der Waals surface area contributed by atoms with Crippen molar-refractivity contribution in [2.24, 2.45) is 0 Å². The third-order valence-electron chi connectivity index (χ3n) is 5.85. The van der Waals surface area contributed by atoms with Gasteiger partial charge >= 0.3 is 6.09 Å². The minimum Gasteiger partial charge on any atom is -0.442 e. The summed E-state index contributed by atoms with van der Waals surface area (Å²) in [6.45, 7) is 6.83. The summed E-state index contributed by atoms with van der Waals surface area (Å²) >= 11 is 1.78. The molecule has 3 aliphatic rings. The Morgan fingerprint density at radius 3 is 2.77 bits per heavy atom. The van der Waals surface area contributed by atoms with E-state index in [1.807, 2.05) is 4.90 Å². The van der Waals surface area contributed by atoms with Gasteiger partial charge in [0, 0.05) is 37.6 Å². The first-order valence-electron chi connectivity index (χ1n) is 9.78. The molecule has 5 nitrogen and oxygen atoms in total. The summed E-state index contributed by atoms with van der Waals surface area (Å²) < 4.78 is 5.67. The first-order valence-corrected chi connectivity index (χ1v) is 11.0. The first-order chi connectivity index (χ1) is 12.7. The van der Waals surface area contributed by atoms with Gasteiger partial charge in [-0.1, -0.05) is 18.6 Å². The van der Waals surface area contributed by atoms with Gasteiger partial charge in [0.25, 0.3) is 0 Å². The molecule has 3 fully saturated rings. The van der Waals surface area contributed by atoms with Crippen LogP contribution in [0.3, 0.4) is 0 Å². The maximum atomic E-state index is 12.3. The molecule has 0 radical (unpaired) electrons. The second kappa shape index (κ2) is 8.19. The molecule has 0 spiro atoms. The molecule has 1 aromatic rings. The highest BCUT2D eigenvalue weighted by molar-refractivity contribution is 7.98. The van der Waals surface area contributed by atoms with Crippen LogP contribution in [0.15, 0.2) is 29.2 Å². The van der Waals surface area contributed by atoms with Crippen LogP contribution in [0.5, 0.6) is 0 Å². The van der Waals surface area contributed by atoms with Gasteiger partial charge in [-0.3, -0.25) is 9.80 Å². The van der Waals surface area contributed by atoms with Crippen LogP contribution in [0.25, 0.3) is 0 Å². The fourth-order valence-electron chi connectivity index (χ4n) is 4.43. The van der Waals surface area contributed by atoms with Gasteiger partial charge in [0.2, 0.25) is 0 Å². The Balaban J connectivity index is 1.33. The number of piperidine rings is 1. The third kappa shape index (κ3) is 4.02. The van der Waals surface area contributed by atoms with Crippen LogP contribution in [-0.4, -0.2) is 78.5 Å². The average Bonchev–Trinajstić information content (AvgIpc) is 3.17. The molecule has 0 N–H and O–H groups in total. The molecule has 0 aromatic heterocycles. The standard InChI is InChI=1S/C20H29N3O2S/c1-26-17-7-5-6-16(12-17)13-22-14-18-19(15-22)25-20(24)23(18)11-10-21-8-3-2-4-9-21/h5-7,12,18-19H,2-4,8-11,13-15H2,1H3/t18-,19+/m1/s1. The summed E-state index contributed by atoms with van der Waals surface area (Å²) in [6.07, 6.45) is 5.96. The summed E-state index contributed by atoms with van der Waals surface area (Å²) in [4.78, 5) is 20.5. The SMILES string of the molecule is CSc1cccc(CN2C[C@@H]3OC(=O)N(CCN4CCCCC4)[C@@H]3C2)c1. The minimum atomic E-state index is -0.110. The van der Waals surface area contributed by atoms with E-state index < -0.39 is 0 Å². The fraction of sp³-hybridized carbons (Fsp3) is 0.650. The zero-order chi connectivity index (χ0) is 17.9. The number of benzene rings is 1. The van der Waals surface area contributed by atoms with Crippen LogP contribution < -0.4 is 0 Å². The lowest BCUT2D eigenvalue weighted by Crippen LogP contribution is -2.43. The van der Waals surface area contributed by atoms with Crippen molar-refractivity contribution in [3.63, 3.8) is 0 Å². The molecule has 3 aliphatic heterocycles. The average molecular weight is 376 g/mol. The predicted octanol–water partition coefficient (Wildman–Crippen LogP) is 2.90. The smallest absolute Gasteiger partial charge is 0.410 e. The van der Waals surface area contributed by atoms with E-state index in [0.29, 0.717) is 0 Å². The van der Waals surface area contributed by atoms with Crippen LogP contribution in [0.4, 0.5) is 4.79 Å². The van der Waals surface area contributed by atoms with Crippen molar-refractivity contribution in [1.29, 1.82) is 0 Å². The van der Waals surface area contributed by atoms with Gasteiger partial charge in [-0.2, -0.15) is 0 Å². The topological polar surface area (TPSA) is 36.0 Å². The second-order valence-corrected chi connectivity index (χ2v) is 8.51. The number of amides is 1. The summed E-state index contributed by atoms with van der Waals surface area (Å²) in [6, 6.07) is 8.95. The maximum Gasteiger partial charge on any atom is 0.410 e. The highest BCUT2D eigenvalue weighted by Crippen LogP contribution is 2.28. The van der Waals surface area contributed by atoms with E-state index in [1.54, 1.807) is 11.8 Å². The Morgan fingerprint density at radius 1 is 1.12 bits per heavy atom. The summed E-state index contributed by atoms with van der Waals surface area (Å²) in [5, 5.41) is 0. The van der Waals surface area contributed by atoms with Crippen molar-refractivity contribution in [2.45, 2.75) is 42.8 Å². The molecule has 142 valence electrons. The van der Waals surface area contributed by atoms with Gasteiger partial charge in [0.05, 0.1) is 6.04 Å². The highest BCUT2D eigenvalue weighted by Gasteiger charge is 2.47. The molecular weight excluding hydrogens is 346 g/mol. The Labute approximate surface area is 160 Å². The number of carbonyl (C=O) groups excluding carboxylic acids is 1. The van der Waals surface area contributed by atoms with Gasteiger partial charge in [0.15, 0.2) is 0 Å². The zero-order valence-corrected chi connectivity index (χ0v) is 16.4. The number of hydrogen-bond acceptors (Lipinski definition) is 5. The van der Waals surface area contributed by atoms with Gasteiger partial charge in [-0.05, 0) is 49.9 Å². The van der Waals surface area contributed by atoms with Crippen LogP contribution in [0.1, 0.15) is 24.8 Å². The van der Waals surface area contributed by atoms with Gasteiger partial charge < -0.3 is 9.64 Å². The number of fused-ring (bicyclic) bond motifs is 1. The van der Waals surface area contributed by atoms with Gasteiger partial charge in [-0.15, -0.1) is 11.8 Å². The first kappa shape index (κ1) is 18.1. The molecule has 0 aliphatic carbocycles. The molecule has 3 saturated heterocycles. The quantitative estimate of drug-likeness (QED) is 0.715. The van der Waals surface area contributed by atoms with Crippen molar-refractivity contribution in [3.8, 4) is 0 Å². The largest absolute Gasteiger partial charge is 0.442 e. The van der Waals surface area contributed by atoms with Crippen LogP contribution in [-0.2, 0) is 11.3 Å². The van der Waals surface area contributed by atoms with E-state index in [2.05, 4.69) is 40.3 Å². The predicted molar refractivity (Wildman–Crippen MR) is 105 cm³/mol. The number of rotatable bonds is 6. The molecule has 4 rings (SSSR count). The number of carbonyl (C=O) groups is 1. The van der Waals surface area contributed by atoms with Gasteiger partial charge in [0.1, 0.15) is 6.10 Å². The molecule has 3 heterocycles. The summed E-state index contributed by atoms with van der Waals surface area (Å²) in [5.41, 5.74) is 1.34. The van der Waals surface area contributed by atoms with E-state index in [1.165, 1.54) is 42.8 Å². The van der Waals surface area contributed by atoms with Crippen molar-refractivity contribution in [3.05, 3.63) is 29.8 Å². The summed E-state index contributed by atoms with van der Waals surface area (Å²) in [7, 11) is 0. The van der Waals surface area contributed by atoms with E-state index >= 15 is 0 Å². The number of likely N-dealkylation sites (tertiary alicyclic amines) is 2. The highest BCUT2D eigenvalue weighted by atomic mass is 32.2. The second-order valence-electron chi connectivity index (χ2n) is 7.63. The Kier molecular flexibility index (Phi) is 5.72. The molecule has 1 amide bonds. The lowest BCUT2D eigenvalue weighted by Gasteiger charge is -2.29. The Morgan fingerprint density at radius 2 is 1.96 bits per heavy atom. The lowest BCUT2D eigenvalue weighted by atomic mass is 10.1. The van der Waals surface area contributed by atoms with Gasteiger partial charge in [-0.25, -0.2) is 4.79 Å². The van der Waals surface area contributed by atoms with Crippen LogP contribution in [0.2, 0.25) is 0 Å². The number of thioether (sulfide) groups is 1. The third-order valence-corrected chi connectivity index (χ3v) is 6.57. The number of nitrogens with zero attached hydrogens (tertiary/aromatic N) is 3. The molecular formula is C20H29N3O2S. The molecule has 26 heavy (non-hydrogen) atoms. The minimum absolute atomic E-state index is 0.0348. The lowest BCUT2D eigenvalue weighted by molar-refractivity contribution is 0.117. The number of ether oxygens (including phenoxy) is 1. The van der Waals surface area contributed by atoms with Crippen molar-refractivity contribution >= 4 is 17.9 Å². The Bertz CT molecular complexity index is 635. The molecule has 0 saturated carbocycles. The van der Waals surface area contributed by atoms with Crippen LogP contribution in [0, 0.1) is 0 Å². The number of hydrogen-bond donors (Lipinski definition) is 0. The van der Waals surface area contributed by atoms with E-state index in [-0.39, 0.29) is 18.2 Å². The monoisotopic (exact) mass is 375 g/mol. The van der Waals surface area contributed by atoms with E-state index in [4.69, 9.17) is 4.74 Å². The molecule has 6 heteroatoms. The van der Waals surface area contributed by atoms with Crippen molar-refractivity contribution in [2.75, 3.05) is 45.5 Å². The van der Waals surface area contributed by atoms with Crippen molar-refractivity contribution in [1.82, 2.24) is 14.7 Å². The fourth-order valence-corrected chi connectivity index (χ4v) is 4.91. The van der Waals surface area contributed by atoms with E-state index in [9.17, 15) is 4.79 Å². The molecule has 0 bridgehead atoms. The Hall–Kier alpha value is -1.24.